The summed E-state index contributed by atoms with van der Waals surface area (Å²) in [5.74, 6) is -1.40. The summed E-state index contributed by atoms with van der Waals surface area (Å²) in [6, 6.07) is 9.75. The molecule has 3 heterocycles. The van der Waals surface area contributed by atoms with Crippen LogP contribution in [0.2, 0.25) is 0 Å². The number of amides is 1. The number of ether oxygens (including phenoxy) is 1. The van der Waals surface area contributed by atoms with Gasteiger partial charge in [-0.05, 0) is 56.4 Å². The fourth-order valence-electron chi connectivity index (χ4n) is 4.41. The van der Waals surface area contributed by atoms with Gasteiger partial charge in [0.25, 0.3) is 0 Å². The molecule has 1 aromatic carbocycles. The topological polar surface area (TPSA) is 83.9 Å². The highest BCUT2D eigenvalue weighted by molar-refractivity contribution is 8.16. The molecule has 4 rings (SSSR count). The number of nitrogens with one attached hydrogen (secondary N) is 1. The zero-order chi connectivity index (χ0) is 28.3. The first-order chi connectivity index (χ1) is 18.5. The van der Waals surface area contributed by atoms with E-state index < -0.39 is 35.6 Å². The molecule has 2 aliphatic heterocycles. The number of rotatable bonds is 8. The molecule has 206 valence electrons. The maximum atomic E-state index is 14.3. The molecule has 39 heavy (non-hydrogen) atoms. The fraction of sp³-hybridized carbons (Fsp3) is 0.357. The summed E-state index contributed by atoms with van der Waals surface area (Å²) in [6.07, 6.45) is -3.44. The monoisotopic (exact) mass is 558 g/mol. The number of aryl methyl sites for hydroxylation is 2. The Kier molecular flexibility index (Phi) is 8.48. The van der Waals surface area contributed by atoms with Crippen molar-refractivity contribution >= 4 is 28.8 Å². The lowest BCUT2D eigenvalue weighted by Gasteiger charge is -2.37. The fourth-order valence-corrected chi connectivity index (χ4v) is 5.33. The van der Waals surface area contributed by atoms with Crippen molar-refractivity contribution in [2.24, 2.45) is 4.99 Å². The van der Waals surface area contributed by atoms with E-state index in [1.54, 1.807) is 55.5 Å². The van der Waals surface area contributed by atoms with Crippen molar-refractivity contribution in [1.29, 1.82) is 0 Å². The molecule has 11 heteroatoms. The molecule has 1 atom stereocenters. The van der Waals surface area contributed by atoms with Crippen LogP contribution in [0.25, 0.3) is 0 Å². The Balaban J connectivity index is 1.69. The standard InChI is InChI=1S/C28H29F3N4O3S/c1-16(2)38-26(37)23-24(21-13-17(3)8-9-18(21)4)35-20(15-39-27(35)34-25(23)28(29,30)31)14-22(36)33-12-10-19-7-5-6-11-32-19/h5-9,11,13,15-16,24H,10,12,14H2,1-4H3,(H,33,36). The third-order valence-corrected chi connectivity index (χ3v) is 7.03. The average molecular weight is 559 g/mol. The number of hydrogen-bond donors (Lipinski definition) is 1. The zero-order valence-electron chi connectivity index (χ0n) is 22.0. The first-order valence-corrected chi connectivity index (χ1v) is 13.3. The summed E-state index contributed by atoms with van der Waals surface area (Å²) in [5.41, 5.74) is 1.39. The van der Waals surface area contributed by atoms with Gasteiger partial charge in [-0.25, -0.2) is 9.79 Å². The van der Waals surface area contributed by atoms with Crippen molar-refractivity contribution in [3.63, 3.8) is 0 Å². The van der Waals surface area contributed by atoms with Crippen molar-refractivity contribution in [2.45, 2.75) is 58.9 Å². The van der Waals surface area contributed by atoms with Crippen LogP contribution in [0.3, 0.4) is 0 Å². The molecule has 1 unspecified atom stereocenters. The number of alkyl halides is 3. The molecule has 0 saturated carbocycles. The van der Waals surface area contributed by atoms with Crippen molar-refractivity contribution in [2.75, 3.05) is 6.54 Å². The van der Waals surface area contributed by atoms with Crippen LogP contribution in [-0.2, 0) is 20.7 Å². The molecular weight excluding hydrogens is 529 g/mol. The minimum Gasteiger partial charge on any atom is -0.459 e. The van der Waals surface area contributed by atoms with E-state index in [1.807, 2.05) is 25.1 Å². The summed E-state index contributed by atoms with van der Waals surface area (Å²) in [6.45, 7) is 7.09. The summed E-state index contributed by atoms with van der Waals surface area (Å²) < 4.78 is 48.2. The number of allylic oxidation sites excluding steroid dienone is 1. The van der Waals surface area contributed by atoms with Crippen LogP contribution in [0.4, 0.5) is 13.2 Å². The van der Waals surface area contributed by atoms with Crippen LogP contribution in [0, 0.1) is 13.8 Å². The number of carbonyl (C=O) groups is 2. The lowest BCUT2D eigenvalue weighted by atomic mass is 9.89. The van der Waals surface area contributed by atoms with Gasteiger partial charge in [0.15, 0.2) is 10.9 Å². The summed E-state index contributed by atoms with van der Waals surface area (Å²) >= 11 is 0.991. The van der Waals surface area contributed by atoms with Crippen LogP contribution in [0.1, 0.15) is 48.7 Å². The lowest BCUT2D eigenvalue weighted by Crippen LogP contribution is -2.40. The maximum Gasteiger partial charge on any atom is 0.434 e. The minimum atomic E-state index is -4.90. The second-order valence-corrected chi connectivity index (χ2v) is 10.4. The maximum absolute atomic E-state index is 14.3. The van der Waals surface area contributed by atoms with E-state index in [4.69, 9.17) is 4.74 Å². The van der Waals surface area contributed by atoms with Crippen LogP contribution in [0.5, 0.6) is 0 Å². The molecule has 1 N–H and O–H groups in total. The average Bonchev–Trinajstić information content (AvgIpc) is 3.26. The number of carbonyl (C=O) groups excluding carboxylic acids is 2. The van der Waals surface area contributed by atoms with Gasteiger partial charge in [-0.1, -0.05) is 41.6 Å². The van der Waals surface area contributed by atoms with Gasteiger partial charge in [0.2, 0.25) is 5.91 Å². The number of aromatic nitrogens is 1. The number of nitrogens with zero attached hydrogens (tertiary/aromatic N) is 3. The Morgan fingerprint density at radius 3 is 2.62 bits per heavy atom. The number of thioether (sulfide) groups is 1. The third-order valence-electron chi connectivity index (χ3n) is 6.14. The van der Waals surface area contributed by atoms with E-state index in [2.05, 4.69) is 15.3 Å². The predicted octanol–water partition coefficient (Wildman–Crippen LogP) is 5.52. The van der Waals surface area contributed by atoms with Gasteiger partial charge in [-0.3, -0.25) is 9.78 Å². The van der Waals surface area contributed by atoms with E-state index in [0.717, 1.165) is 23.0 Å². The van der Waals surface area contributed by atoms with Crippen molar-refractivity contribution < 1.29 is 27.5 Å². The molecule has 0 fully saturated rings. The number of pyridine rings is 1. The van der Waals surface area contributed by atoms with Gasteiger partial charge in [-0.2, -0.15) is 13.2 Å². The van der Waals surface area contributed by atoms with Crippen LogP contribution >= 0.6 is 11.8 Å². The van der Waals surface area contributed by atoms with E-state index in [9.17, 15) is 22.8 Å². The molecule has 0 radical (unpaired) electrons. The van der Waals surface area contributed by atoms with Gasteiger partial charge >= 0.3 is 12.1 Å². The molecule has 1 amide bonds. The number of hydrogen-bond acceptors (Lipinski definition) is 7. The van der Waals surface area contributed by atoms with Crippen LogP contribution < -0.4 is 5.32 Å². The van der Waals surface area contributed by atoms with Gasteiger partial charge in [-0.15, -0.1) is 0 Å². The Morgan fingerprint density at radius 2 is 1.95 bits per heavy atom. The molecule has 0 bridgehead atoms. The molecule has 1 aromatic heterocycles. The summed E-state index contributed by atoms with van der Waals surface area (Å²) in [5, 5.41) is 4.50. The molecule has 2 aromatic rings. The molecule has 0 saturated heterocycles. The van der Waals surface area contributed by atoms with Gasteiger partial charge in [0, 0.05) is 30.6 Å². The number of amidine groups is 1. The van der Waals surface area contributed by atoms with Crippen LogP contribution in [-0.4, -0.2) is 45.8 Å². The van der Waals surface area contributed by atoms with Crippen LogP contribution in [0.15, 0.2) is 70.0 Å². The summed E-state index contributed by atoms with van der Waals surface area (Å²) in [4.78, 5) is 35.8. The SMILES string of the molecule is Cc1ccc(C)c(C2C(C(=O)OC(C)C)=C(C(F)(F)F)N=C3SC=C(CC(=O)NCCc4ccccn4)N32)c1. The molecule has 7 nitrogen and oxygen atoms in total. The minimum absolute atomic E-state index is 0.0469. The van der Waals surface area contributed by atoms with Gasteiger partial charge in [0.1, 0.15) is 0 Å². The molecular formula is C28H29F3N4O3S. The Bertz CT molecular complexity index is 1350. The zero-order valence-corrected chi connectivity index (χ0v) is 22.8. The summed E-state index contributed by atoms with van der Waals surface area (Å²) in [7, 11) is 0. The van der Waals surface area contributed by atoms with E-state index >= 15 is 0 Å². The first-order valence-electron chi connectivity index (χ1n) is 12.5. The van der Waals surface area contributed by atoms with Gasteiger partial charge in [0.05, 0.1) is 24.1 Å². The van der Waals surface area contributed by atoms with E-state index in [0.29, 0.717) is 29.8 Å². The van der Waals surface area contributed by atoms with Gasteiger partial charge < -0.3 is 15.0 Å². The van der Waals surface area contributed by atoms with Crippen molar-refractivity contribution in [3.8, 4) is 0 Å². The Labute approximate surface area is 229 Å². The molecule has 0 aliphatic carbocycles. The Morgan fingerprint density at radius 1 is 1.18 bits per heavy atom. The second-order valence-electron chi connectivity index (χ2n) is 9.57. The quantitative estimate of drug-likeness (QED) is 0.430. The highest BCUT2D eigenvalue weighted by atomic mass is 32.2. The van der Waals surface area contributed by atoms with E-state index in [-0.39, 0.29) is 17.5 Å². The lowest BCUT2D eigenvalue weighted by molar-refractivity contribution is -0.145. The molecule has 2 aliphatic rings. The van der Waals surface area contributed by atoms with Crippen molar-refractivity contribution in [1.82, 2.24) is 15.2 Å². The third kappa shape index (κ3) is 6.52. The number of esters is 1. The molecule has 0 spiro atoms. The second kappa shape index (κ2) is 11.6. The van der Waals surface area contributed by atoms with E-state index in [1.165, 1.54) is 0 Å². The highest BCUT2D eigenvalue weighted by Gasteiger charge is 2.49. The normalized spacial score (nSPS) is 17.1. The smallest absolute Gasteiger partial charge is 0.434 e. The number of aliphatic imine (C=N–C) groups is 1. The number of fused-ring (bicyclic) bond motifs is 1. The Hall–Kier alpha value is -3.60. The van der Waals surface area contributed by atoms with Crippen molar-refractivity contribution in [3.05, 3.63) is 87.4 Å². The largest absolute Gasteiger partial charge is 0.459 e. The number of halogens is 3. The number of benzene rings is 1. The predicted molar refractivity (Wildman–Crippen MR) is 143 cm³/mol. The first kappa shape index (κ1) is 28.4. The highest BCUT2D eigenvalue weighted by Crippen LogP contribution is 2.48.